The van der Waals surface area contributed by atoms with E-state index in [2.05, 4.69) is 26.0 Å². The molecule has 1 aromatic carbocycles. The van der Waals surface area contributed by atoms with Gasteiger partial charge in [0.25, 0.3) is 0 Å². The third kappa shape index (κ3) is 3.03. The van der Waals surface area contributed by atoms with E-state index < -0.39 is 10.0 Å². The molecule has 1 heterocycles. The van der Waals surface area contributed by atoms with E-state index in [0.29, 0.717) is 19.6 Å². The Kier molecular flexibility index (Phi) is 3.99. The number of nitrogens with zero attached hydrogens (tertiary/aromatic N) is 2. The van der Waals surface area contributed by atoms with Crippen LogP contribution in [0.15, 0.2) is 18.2 Å². The number of benzene rings is 1. The zero-order valence-corrected chi connectivity index (χ0v) is 13.9. The van der Waals surface area contributed by atoms with Gasteiger partial charge in [0.15, 0.2) is 0 Å². The standard InChI is InChI=1S/C16H22N2O3S/c1-12-3-4-14(9-13(12)2)10-17-7-8-18(11-16(17)19)22(20,21)15-5-6-15/h3-4,9,15H,5-8,10-11H2,1-2H3. The van der Waals surface area contributed by atoms with Gasteiger partial charge >= 0.3 is 0 Å². The van der Waals surface area contributed by atoms with Crippen molar-refractivity contribution in [2.75, 3.05) is 19.6 Å². The van der Waals surface area contributed by atoms with Crippen LogP contribution in [-0.4, -0.2) is 48.4 Å². The van der Waals surface area contributed by atoms with Gasteiger partial charge in [-0.2, -0.15) is 4.31 Å². The van der Waals surface area contributed by atoms with Crippen molar-refractivity contribution in [2.45, 2.75) is 38.5 Å². The Labute approximate surface area is 132 Å². The zero-order chi connectivity index (χ0) is 15.9. The summed E-state index contributed by atoms with van der Waals surface area (Å²) in [5.74, 6) is -0.103. The first-order valence-electron chi connectivity index (χ1n) is 7.71. The van der Waals surface area contributed by atoms with Crippen LogP contribution in [0.4, 0.5) is 0 Å². The Hall–Kier alpha value is -1.40. The van der Waals surface area contributed by atoms with Crippen LogP contribution in [0, 0.1) is 13.8 Å². The molecule has 1 aliphatic carbocycles. The minimum Gasteiger partial charge on any atom is -0.336 e. The highest BCUT2D eigenvalue weighted by molar-refractivity contribution is 7.90. The average molecular weight is 322 g/mol. The number of piperazine rings is 1. The molecule has 6 heteroatoms. The molecule has 0 bridgehead atoms. The Bertz CT molecular complexity index is 695. The topological polar surface area (TPSA) is 57.7 Å². The monoisotopic (exact) mass is 322 g/mol. The third-order valence-corrected chi connectivity index (χ3v) is 6.88. The maximum atomic E-state index is 12.3. The lowest BCUT2D eigenvalue weighted by atomic mass is 10.1. The van der Waals surface area contributed by atoms with Crippen molar-refractivity contribution in [2.24, 2.45) is 0 Å². The van der Waals surface area contributed by atoms with E-state index in [0.717, 1.165) is 18.4 Å². The van der Waals surface area contributed by atoms with Crippen LogP contribution in [0.5, 0.6) is 0 Å². The van der Waals surface area contributed by atoms with Crippen LogP contribution < -0.4 is 0 Å². The first kappa shape index (κ1) is 15.5. The van der Waals surface area contributed by atoms with Crippen LogP contribution in [-0.2, 0) is 21.4 Å². The number of rotatable bonds is 4. The van der Waals surface area contributed by atoms with Gasteiger partial charge in [-0.15, -0.1) is 0 Å². The largest absolute Gasteiger partial charge is 0.336 e. The van der Waals surface area contributed by atoms with E-state index >= 15 is 0 Å². The summed E-state index contributed by atoms with van der Waals surface area (Å²) < 4.78 is 25.8. The number of carbonyl (C=O) groups is 1. The smallest absolute Gasteiger partial charge is 0.238 e. The van der Waals surface area contributed by atoms with E-state index in [-0.39, 0.29) is 17.7 Å². The summed E-state index contributed by atoms with van der Waals surface area (Å²) in [5, 5.41) is -0.244. The van der Waals surface area contributed by atoms with E-state index in [1.807, 2.05) is 6.07 Å². The summed E-state index contributed by atoms with van der Waals surface area (Å²) >= 11 is 0. The van der Waals surface area contributed by atoms with Crippen LogP contribution in [0.1, 0.15) is 29.5 Å². The minimum atomic E-state index is -3.24. The lowest BCUT2D eigenvalue weighted by Crippen LogP contribution is -2.52. The van der Waals surface area contributed by atoms with Gasteiger partial charge in [0, 0.05) is 19.6 Å². The molecule has 22 heavy (non-hydrogen) atoms. The predicted octanol–water partition coefficient (Wildman–Crippen LogP) is 1.44. The second kappa shape index (κ2) is 5.66. The second-order valence-corrected chi connectivity index (χ2v) is 8.52. The fraction of sp³-hybridized carbons (Fsp3) is 0.562. The van der Waals surface area contributed by atoms with Crippen molar-refractivity contribution >= 4 is 15.9 Å². The predicted molar refractivity (Wildman–Crippen MR) is 84.8 cm³/mol. The summed E-state index contributed by atoms with van der Waals surface area (Å²) in [7, 11) is -3.24. The third-order valence-electron chi connectivity index (χ3n) is 4.53. The number of hydrogen-bond acceptors (Lipinski definition) is 3. The Morgan fingerprint density at radius 2 is 1.86 bits per heavy atom. The van der Waals surface area contributed by atoms with E-state index in [4.69, 9.17) is 0 Å². The second-order valence-electron chi connectivity index (χ2n) is 6.31. The SMILES string of the molecule is Cc1ccc(CN2CCN(S(=O)(=O)C3CC3)CC2=O)cc1C. The molecular weight excluding hydrogens is 300 g/mol. The molecule has 5 nitrogen and oxygen atoms in total. The first-order valence-corrected chi connectivity index (χ1v) is 9.21. The van der Waals surface area contributed by atoms with Gasteiger partial charge < -0.3 is 4.90 Å². The van der Waals surface area contributed by atoms with E-state index in [1.54, 1.807) is 4.90 Å². The van der Waals surface area contributed by atoms with Crippen molar-refractivity contribution in [3.05, 3.63) is 34.9 Å². The van der Waals surface area contributed by atoms with Gasteiger partial charge in [-0.3, -0.25) is 4.79 Å². The molecule has 0 N–H and O–H groups in total. The summed E-state index contributed by atoms with van der Waals surface area (Å²) in [6.07, 6.45) is 1.47. The van der Waals surface area contributed by atoms with Crippen LogP contribution in [0.25, 0.3) is 0 Å². The quantitative estimate of drug-likeness (QED) is 0.843. The summed E-state index contributed by atoms with van der Waals surface area (Å²) in [6, 6.07) is 6.18. The van der Waals surface area contributed by atoms with Crippen molar-refractivity contribution in [3.8, 4) is 0 Å². The molecule has 0 aromatic heterocycles. The zero-order valence-electron chi connectivity index (χ0n) is 13.1. The highest BCUT2D eigenvalue weighted by Crippen LogP contribution is 2.31. The van der Waals surface area contributed by atoms with Crippen molar-refractivity contribution in [1.29, 1.82) is 0 Å². The highest BCUT2D eigenvalue weighted by Gasteiger charge is 2.42. The molecule has 0 unspecified atom stereocenters. The van der Waals surface area contributed by atoms with Gasteiger partial charge in [0.1, 0.15) is 0 Å². The van der Waals surface area contributed by atoms with E-state index in [9.17, 15) is 13.2 Å². The van der Waals surface area contributed by atoms with Crippen molar-refractivity contribution < 1.29 is 13.2 Å². The fourth-order valence-electron chi connectivity index (χ4n) is 2.77. The first-order chi connectivity index (χ1) is 10.4. The molecule has 1 aromatic rings. The van der Waals surface area contributed by atoms with Gasteiger partial charge in [-0.05, 0) is 43.4 Å². The highest BCUT2D eigenvalue weighted by atomic mass is 32.2. The van der Waals surface area contributed by atoms with Gasteiger partial charge in [-0.1, -0.05) is 18.2 Å². The van der Waals surface area contributed by atoms with Crippen molar-refractivity contribution in [1.82, 2.24) is 9.21 Å². The number of amides is 1. The average Bonchev–Trinajstić information content (AvgIpc) is 3.30. The Morgan fingerprint density at radius 1 is 1.14 bits per heavy atom. The molecule has 120 valence electrons. The normalized spacial score (nSPS) is 20.5. The summed E-state index contributed by atoms with van der Waals surface area (Å²) in [5.41, 5.74) is 3.53. The maximum absolute atomic E-state index is 12.3. The lowest BCUT2D eigenvalue weighted by molar-refractivity contribution is -0.134. The van der Waals surface area contributed by atoms with E-state index in [1.165, 1.54) is 15.4 Å². The van der Waals surface area contributed by atoms with Crippen molar-refractivity contribution in [3.63, 3.8) is 0 Å². The van der Waals surface area contributed by atoms with Crippen LogP contribution in [0.2, 0.25) is 0 Å². The fourth-order valence-corrected chi connectivity index (χ4v) is 4.55. The lowest BCUT2D eigenvalue weighted by Gasteiger charge is -2.33. The molecular formula is C16H22N2O3S. The summed E-state index contributed by atoms with van der Waals surface area (Å²) in [4.78, 5) is 14.0. The molecule has 3 rings (SSSR count). The molecule has 2 aliphatic rings. The number of aryl methyl sites for hydroxylation is 2. The minimum absolute atomic E-state index is 0.0102. The molecule has 0 radical (unpaired) electrons. The molecule has 1 amide bonds. The maximum Gasteiger partial charge on any atom is 0.238 e. The number of sulfonamides is 1. The molecule has 1 saturated carbocycles. The van der Waals surface area contributed by atoms with Gasteiger partial charge in [-0.25, -0.2) is 8.42 Å². The number of carbonyl (C=O) groups excluding carboxylic acids is 1. The molecule has 0 atom stereocenters. The number of hydrogen-bond donors (Lipinski definition) is 0. The summed E-state index contributed by atoms with van der Waals surface area (Å²) in [6.45, 7) is 5.54. The molecule has 0 spiro atoms. The van der Waals surface area contributed by atoms with Crippen LogP contribution >= 0.6 is 0 Å². The molecule has 1 aliphatic heterocycles. The van der Waals surface area contributed by atoms with Crippen LogP contribution in [0.3, 0.4) is 0 Å². The molecule has 2 fully saturated rings. The Morgan fingerprint density at radius 3 is 2.45 bits per heavy atom. The molecule has 1 saturated heterocycles. The van der Waals surface area contributed by atoms with Gasteiger partial charge in [0.2, 0.25) is 15.9 Å². The Balaban J connectivity index is 1.65. The van der Waals surface area contributed by atoms with Gasteiger partial charge in [0.05, 0.1) is 11.8 Å².